The molecule has 1 unspecified atom stereocenters. The van der Waals surface area contributed by atoms with Gasteiger partial charge in [-0.1, -0.05) is 42.9 Å². The van der Waals surface area contributed by atoms with Crippen LogP contribution in [0.25, 0.3) is 6.08 Å². The van der Waals surface area contributed by atoms with Crippen molar-refractivity contribution in [2.75, 3.05) is 6.61 Å². The standard InChI is InChI=1S/C18H24O3/c1-14(2)5-4-6-15(3)7-8-16-9-11-17(12-10-16)21-13-18(19)20/h5,7-12,15H,4,6,13H2,1-3H3,(H,19,20). The van der Waals surface area contributed by atoms with Crippen molar-refractivity contribution >= 4 is 12.0 Å². The lowest BCUT2D eigenvalue weighted by molar-refractivity contribution is -0.139. The van der Waals surface area contributed by atoms with Crippen molar-refractivity contribution < 1.29 is 14.6 Å². The number of hydrogen-bond donors (Lipinski definition) is 1. The number of aliphatic carboxylic acids is 1. The van der Waals surface area contributed by atoms with Gasteiger partial charge in [-0.3, -0.25) is 0 Å². The minimum Gasteiger partial charge on any atom is -0.482 e. The van der Waals surface area contributed by atoms with E-state index < -0.39 is 5.97 Å². The third-order valence-electron chi connectivity index (χ3n) is 3.03. The molecular weight excluding hydrogens is 264 g/mol. The van der Waals surface area contributed by atoms with Crippen molar-refractivity contribution in [2.24, 2.45) is 5.92 Å². The summed E-state index contributed by atoms with van der Waals surface area (Å²) in [6, 6.07) is 7.43. The predicted molar refractivity (Wildman–Crippen MR) is 86.4 cm³/mol. The summed E-state index contributed by atoms with van der Waals surface area (Å²) in [6.45, 7) is 6.14. The zero-order valence-corrected chi connectivity index (χ0v) is 13.0. The van der Waals surface area contributed by atoms with E-state index in [0.717, 1.165) is 18.4 Å². The number of ether oxygens (including phenoxy) is 1. The van der Waals surface area contributed by atoms with Crippen molar-refractivity contribution in [1.29, 1.82) is 0 Å². The average molecular weight is 288 g/mol. The number of allylic oxidation sites excluding steroid dienone is 3. The highest BCUT2D eigenvalue weighted by Gasteiger charge is 1.99. The van der Waals surface area contributed by atoms with Crippen LogP contribution in [0.15, 0.2) is 42.0 Å². The predicted octanol–water partition coefficient (Wildman–Crippen LogP) is 4.55. The van der Waals surface area contributed by atoms with E-state index in [1.54, 1.807) is 12.1 Å². The first-order chi connectivity index (χ1) is 9.97. The lowest BCUT2D eigenvalue weighted by atomic mass is 10.0. The number of rotatable bonds is 8. The molecule has 0 saturated heterocycles. The van der Waals surface area contributed by atoms with Crippen molar-refractivity contribution in [3.8, 4) is 5.75 Å². The Morgan fingerprint density at radius 2 is 1.95 bits per heavy atom. The number of carbonyl (C=O) groups is 1. The van der Waals surface area contributed by atoms with Crippen LogP contribution < -0.4 is 4.74 Å². The molecule has 0 aliphatic heterocycles. The Hall–Kier alpha value is -2.03. The largest absolute Gasteiger partial charge is 0.482 e. The monoisotopic (exact) mass is 288 g/mol. The van der Waals surface area contributed by atoms with E-state index in [4.69, 9.17) is 9.84 Å². The Morgan fingerprint density at radius 1 is 1.29 bits per heavy atom. The molecule has 0 heterocycles. The Bertz CT molecular complexity index is 494. The summed E-state index contributed by atoms with van der Waals surface area (Å²) in [6.07, 6.45) is 8.80. The van der Waals surface area contributed by atoms with Crippen LogP contribution in [0.2, 0.25) is 0 Å². The van der Waals surface area contributed by atoms with Crippen molar-refractivity contribution in [3.05, 3.63) is 47.6 Å². The molecular formula is C18H24O3. The van der Waals surface area contributed by atoms with Crippen LogP contribution in [-0.2, 0) is 4.79 Å². The Kier molecular flexibility index (Phi) is 7.30. The molecule has 0 amide bonds. The lowest BCUT2D eigenvalue weighted by Gasteiger charge is -2.05. The first-order valence-electron chi connectivity index (χ1n) is 7.23. The number of benzene rings is 1. The van der Waals surface area contributed by atoms with Crippen LogP contribution in [0.5, 0.6) is 5.75 Å². The van der Waals surface area contributed by atoms with Gasteiger partial charge in [0, 0.05) is 0 Å². The van der Waals surface area contributed by atoms with E-state index in [1.807, 2.05) is 12.1 Å². The van der Waals surface area contributed by atoms with Gasteiger partial charge in [0.05, 0.1) is 0 Å². The zero-order valence-electron chi connectivity index (χ0n) is 13.0. The molecule has 1 aromatic rings. The number of carboxylic acids is 1. The molecule has 0 aliphatic carbocycles. The number of carboxylic acid groups (broad SMARTS) is 1. The molecule has 3 nitrogen and oxygen atoms in total. The smallest absolute Gasteiger partial charge is 0.341 e. The van der Waals surface area contributed by atoms with Gasteiger partial charge in [-0.05, 0) is 50.3 Å². The van der Waals surface area contributed by atoms with Crippen LogP contribution in [0, 0.1) is 5.92 Å². The van der Waals surface area contributed by atoms with Gasteiger partial charge >= 0.3 is 5.97 Å². The fraction of sp³-hybridized carbons (Fsp3) is 0.389. The van der Waals surface area contributed by atoms with E-state index >= 15 is 0 Å². The van der Waals surface area contributed by atoms with Crippen LogP contribution in [-0.4, -0.2) is 17.7 Å². The summed E-state index contributed by atoms with van der Waals surface area (Å²) in [5, 5.41) is 8.54. The molecule has 0 saturated carbocycles. The van der Waals surface area contributed by atoms with Crippen molar-refractivity contribution in [1.82, 2.24) is 0 Å². The lowest BCUT2D eigenvalue weighted by Crippen LogP contribution is -2.09. The summed E-state index contributed by atoms with van der Waals surface area (Å²) >= 11 is 0. The average Bonchev–Trinajstić information content (AvgIpc) is 2.43. The zero-order chi connectivity index (χ0) is 15.7. The first-order valence-corrected chi connectivity index (χ1v) is 7.23. The second-order valence-corrected chi connectivity index (χ2v) is 5.45. The Balaban J connectivity index is 2.45. The topological polar surface area (TPSA) is 46.5 Å². The fourth-order valence-corrected chi connectivity index (χ4v) is 1.83. The normalized spacial score (nSPS) is 12.1. The molecule has 114 valence electrons. The van der Waals surface area contributed by atoms with Gasteiger partial charge in [-0.25, -0.2) is 4.79 Å². The Morgan fingerprint density at radius 3 is 2.52 bits per heavy atom. The molecule has 0 fully saturated rings. The van der Waals surface area contributed by atoms with E-state index in [1.165, 1.54) is 5.57 Å². The third-order valence-corrected chi connectivity index (χ3v) is 3.03. The van der Waals surface area contributed by atoms with Gasteiger partial charge in [-0.15, -0.1) is 0 Å². The van der Waals surface area contributed by atoms with Gasteiger partial charge in [0.2, 0.25) is 0 Å². The molecule has 0 aromatic heterocycles. The maximum atomic E-state index is 10.4. The minimum atomic E-state index is -0.968. The SMILES string of the molecule is CC(C)=CCCC(C)C=Cc1ccc(OCC(=O)O)cc1. The van der Waals surface area contributed by atoms with Crippen LogP contribution >= 0.6 is 0 Å². The second-order valence-electron chi connectivity index (χ2n) is 5.45. The van der Waals surface area contributed by atoms with Crippen molar-refractivity contribution in [3.63, 3.8) is 0 Å². The van der Waals surface area contributed by atoms with Crippen LogP contribution in [0.3, 0.4) is 0 Å². The van der Waals surface area contributed by atoms with Crippen molar-refractivity contribution in [2.45, 2.75) is 33.6 Å². The van der Waals surface area contributed by atoms with E-state index in [-0.39, 0.29) is 6.61 Å². The maximum Gasteiger partial charge on any atom is 0.341 e. The summed E-state index contributed by atoms with van der Waals surface area (Å²) in [5.41, 5.74) is 2.45. The fourth-order valence-electron chi connectivity index (χ4n) is 1.83. The minimum absolute atomic E-state index is 0.309. The molecule has 0 radical (unpaired) electrons. The summed E-state index contributed by atoms with van der Waals surface area (Å²) in [5.74, 6) is 0.138. The summed E-state index contributed by atoms with van der Waals surface area (Å²) in [7, 11) is 0. The second kappa shape index (κ2) is 9.01. The van der Waals surface area contributed by atoms with Gasteiger partial charge in [0.15, 0.2) is 6.61 Å². The summed E-state index contributed by atoms with van der Waals surface area (Å²) < 4.78 is 5.09. The highest BCUT2D eigenvalue weighted by atomic mass is 16.5. The molecule has 1 rings (SSSR count). The van der Waals surface area contributed by atoms with Crippen LogP contribution in [0.1, 0.15) is 39.2 Å². The Labute approximate surface area is 127 Å². The van der Waals surface area contributed by atoms with Gasteiger partial charge in [0.1, 0.15) is 5.75 Å². The first kappa shape index (κ1) is 17.0. The third kappa shape index (κ3) is 7.98. The summed E-state index contributed by atoms with van der Waals surface area (Å²) in [4.78, 5) is 10.4. The molecule has 1 atom stereocenters. The molecule has 0 bridgehead atoms. The van der Waals surface area contributed by atoms with Crippen LogP contribution in [0.4, 0.5) is 0 Å². The maximum absolute atomic E-state index is 10.4. The number of hydrogen-bond acceptors (Lipinski definition) is 2. The highest BCUT2D eigenvalue weighted by molar-refractivity contribution is 5.68. The van der Waals surface area contributed by atoms with E-state index in [2.05, 4.69) is 39.0 Å². The molecule has 1 N–H and O–H groups in total. The molecule has 1 aromatic carbocycles. The van der Waals surface area contributed by atoms with Gasteiger partial charge in [0.25, 0.3) is 0 Å². The van der Waals surface area contributed by atoms with Gasteiger partial charge < -0.3 is 9.84 Å². The molecule has 21 heavy (non-hydrogen) atoms. The quantitative estimate of drug-likeness (QED) is 0.714. The molecule has 0 aliphatic rings. The highest BCUT2D eigenvalue weighted by Crippen LogP contribution is 2.15. The van der Waals surface area contributed by atoms with Gasteiger partial charge in [-0.2, -0.15) is 0 Å². The molecule has 3 heteroatoms. The van der Waals surface area contributed by atoms with E-state index in [0.29, 0.717) is 11.7 Å². The van der Waals surface area contributed by atoms with E-state index in [9.17, 15) is 4.79 Å². The molecule has 0 spiro atoms.